The van der Waals surface area contributed by atoms with Crippen molar-refractivity contribution in [1.82, 2.24) is 29.8 Å². The average Bonchev–Trinajstić information content (AvgIpc) is 3.26. The van der Waals surface area contributed by atoms with Gasteiger partial charge < -0.3 is 19.9 Å². The van der Waals surface area contributed by atoms with Crippen molar-refractivity contribution < 1.29 is 9.53 Å². The van der Waals surface area contributed by atoms with Crippen LogP contribution in [0.2, 0.25) is 0 Å². The number of amides is 1. The zero-order chi connectivity index (χ0) is 23.3. The third kappa shape index (κ3) is 3.52. The Kier molecular flexibility index (Phi) is 4.86. The molecular weight excluding hydrogens is 430 g/mol. The molecule has 2 aliphatic rings. The minimum atomic E-state index is 0.180. The summed E-state index contributed by atoms with van der Waals surface area (Å²) in [5.74, 6) is 1.29. The Labute approximate surface area is 197 Å². The molecule has 9 heteroatoms. The zero-order valence-electron chi connectivity index (χ0n) is 19.3. The fourth-order valence-electron chi connectivity index (χ4n) is 5.55. The maximum Gasteiger partial charge on any atom is 0.228 e. The second-order valence-electron chi connectivity index (χ2n) is 9.50. The molecule has 1 aromatic carbocycles. The lowest BCUT2D eigenvalue weighted by atomic mass is 9.60. The van der Waals surface area contributed by atoms with Crippen molar-refractivity contribution in [1.29, 1.82) is 0 Å². The van der Waals surface area contributed by atoms with Gasteiger partial charge in [0.25, 0.3) is 0 Å². The van der Waals surface area contributed by atoms with Crippen LogP contribution in [-0.4, -0.2) is 62.0 Å². The molecule has 1 aliphatic heterocycles. The van der Waals surface area contributed by atoms with Gasteiger partial charge in [0.1, 0.15) is 5.65 Å². The minimum Gasteiger partial charge on any atom is -0.480 e. The van der Waals surface area contributed by atoms with Crippen LogP contribution >= 0.6 is 0 Å². The molecule has 2 fully saturated rings. The molecule has 9 nitrogen and oxygen atoms in total. The lowest BCUT2D eigenvalue weighted by molar-refractivity contribution is -0.132. The van der Waals surface area contributed by atoms with E-state index in [-0.39, 0.29) is 5.91 Å². The first-order valence-electron chi connectivity index (χ1n) is 11.7. The number of fused-ring (bicyclic) bond motifs is 2. The lowest BCUT2D eigenvalue weighted by Crippen LogP contribution is -2.52. The van der Waals surface area contributed by atoms with Gasteiger partial charge in [-0.2, -0.15) is 9.97 Å². The quantitative estimate of drug-likeness (QED) is 0.480. The maximum absolute atomic E-state index is 11.6. The summed E-state index contributed by atoms with van der Waals surface area (Å²) in [6.07, 6.45) is 9.63. The predicted molar refractivity (Wildman–Crippen MR) is 130 cm³/mol. The maximum atomic E-state index is 11.6. The molecule has 174 valence electrons. The number of aromatic amines is 1. The van der Waals surface area contributed by atoms with E-state index in [4.69, 9.17) is 9.72 Å². The first-order chi connectivity index (χ1) is 16.5. The van der Waals surface area contributed by atoms with E-state index in [0.717, 1.165) is 72.0 Å². The van der Waals surface area contributed by atoms with Crippen molar-refractivity contribution in [2.45, 2.75) is 38.6 Å². The molecule has 1 spiro atoms. The number of rotatable bonds is 4. The fourth-order valence-corrected chi connectivity index (χ4v) is 5.55. The Hall–Kier alpha value is -3.75. The largest absolute Gasteiger partial charge is 0.480 e. The minimum absolute atomic E-state index is 0.180. The topological polar surface area (TPSA) is 109 Å². The first-order valence-corrected chi connectivity index (χ1v) is 11.7. The van der Waals surface area contributed by atoms with Crippen LogP contribution in [0.3, 0.4) is 0 Å². The number of piperidine rings is 1. The van der Waals surface area contributed by atoms with Crippen LogP contribution in [-0.2, 0) is 4.79 Å². The molecule has 3 aromatic heterocycles. The summed E-state index contributed by atoms with van der Waals surface area (Å²) in [6, 6.07) is 6.34. The number of hydrogen-bond donors (Lipinski definition) is 2. The molecule has 1 aliphatic carbocycles. The number of anilines is 1. The van der Waals surface area contributed by atoms with Crippen molar-refractivity contribution in [2.24, 2.45) is 5.41 Å². The number of H-pyrrole nitrogens is 1. The van der Waals surface area contributed by atoms with Crippen molar-refractivity contribution in [2.75, 3.05) is 25.5 Å². The van der Waals surface area contributed by atoms with E-state index in [9.17, 15) is 4.79 Å². The van der Waals surface area contributed by atoms with Gasteiger partial charge in [-0.1, -0.05) is 6.07 Å². The van der Waals surface area contributed by atoms with E-state index in [1.165, 1.54) is 0 Å². The van der Waals surface area contributed by atoms with Crippen LogP contribution in [0.15, 0.2) is 36.8 Å². The van der Waals surface area contributed by atoms with Crippen LogP contribution in [0, 0.1) is 5.41 Å². The summed E-state index contributed by atoms with van der Waals surface area (Å²) in [5.41, 5.74) is 4.72. The van der Waals surface area contributed by atoms with Gasteiger partial charge in [-0.15, -0.1) is 0 Å². The molecule has 1 amide bonds. The summed E-state index contributed by atoms with van der Waals surface area (Å²) in [6.45, 7) is 3.39. The van der Waals surface area contributed by atoms with Gasteiger partial charge in [0, 0.05) is 50.2 Å². The molecule has 4 heterocycles. The molecule has 1 saturated carbocycles. The number of likely N-dealkylation sites (tertiary alicyclic amines) is 1. The molecule has 0 atom stereocenters. The summed E-state index contributed by atoms with van der Waals surface area (Å²) < 4.78 is 5.68. The number of ether oxygens (including phenoxy) is 1. The Balaban J connectivity index is 1.22. The number of nitrogens with one attached hydrogen (secondary N) is 2. The highest BCUT2D eigenvalue weighted by Crippen LogP contribution is 2.50. The molecule has 1 saturated heterocycles. The molecule has 0 radical (unpaired) electrons. The fraction of sp³-hybridized carbons (Fsp3) is 0.400. The summed E-state index contributed by atoms with van der Waals surface area (Å²) in [7, 11) is 1.63. The van der Waals surface area contributed by atoms with E-state index in [2.05, 4.69) is 25.3 Å². The first kappa shape index (κ1) is 20.8. The highest BCUT2D eigenvalue weighted by Gasteiger charge is 2.46. The third-order valence-electron chi connectivity index (χ3n) is 7.43. The van der Waals surface area contributed by atoms with Crippen molar-refractivity contribution in [3.63, 3.8) is 0 Å². The van der Waals surface area contributed by atoms with Crippen molar-refractivity contribution >= 4 is 33.9 Å². The number of methoxy groups -OCH3 is 1. The average molecular weight is 458 g/mol. The standard InChI is InChI=1S/C25H27N7O2/c1-15(33)32-9-5-25(6-10-32)12-17(13-25)29-24-30-22-21(23(31-24)34-2)18(14-28-22)16-3-4-19-20(11-16)27-8-7-26-19/h3-4,7-8,11,14,17H,5-6,9-10,12-13H2,1-2H3,(H2,28,29,30,31). The van der Waals surface area contributed by atoms with Gasteiger partial charge in [0.2, 0.25) is 17.7 Å². The Morgan fingerprint density at radius 2 is 1.91 bits per heavy atom. The number of aromatic nitrogens is 5. The molecular formula is C25H27N7O2. The third-order valence-corrected chi connectivity index (χ3v) is 7.43. The van der Waals surface area contributed by atoms with Gasteiger partial charge >= 0.3 is 0 Å². The molecule has 2 N–H and O–H groups in total. The second-order valence-corrected chi connectivity index (χ2v) is 9.50. The van der Waals surface area contributed by atoms with E-state index in [1.54, 1.807) is 26.4 Å². The molecule has 0 unspecified atom stereocenters. The van der Waals surface area contributed by atoms with Gasteiger partial charge in [-0.25, -0.2) is 0 Å². The van der Waals surface area contributed by atoms with Crippen LogP contribution < -0.4 is 10.1 Å². The Morgan fingerprint density at radius 1 is 1.15 bits per heavy atom. The smallest absolute Gasteiger partial charge is 0.228 e. The van der Waals surface area contributed by atoms with Gasteiger partial charge in [0.15, 0.2) is 0 Å². The number of carbonyl (C=O) groups excluding carboxylic acids is 1. The molecule has 34 heavy (non-hydrogen) atoms. The normalized spacial score (nSPS) is 17.8. The van der Waals surface area contributed by atoms with Crippen LogP contribution in [0.1, 0.15) is 32.6 Å². The molecule has 4 aromatic rings. The van der Waals surface area contributed by atoms with E-state index >= 15 is 0 Å². The van der Waals surface area contributed by atoms with Crippen molar-refractivity contribution in [3.05, 3.63) is 36.8 Å². The van der Waals surface area contributed by atoms with Crippen LogP contribution in [0.4, 0.5) is 5.95 Å². The van der Waals surface area contributed by atoms with E-state index in [0.29, 0.717) is 23.3 Å². The Morgan fingerprint density at radius 3 is 2.65 bits per heavy atom. The SMILES string of the molecule is COc1nc(NC2CC3(CCN(C(C)=O)CC3)C2)nc2[nH]cc(-c3ccc4nccnc4c3)c12. The summed E-state index contributed by atoms with van der Waals surface area (Å²) in [5, 5.41) is 4.35. The van der Waals surface area contributed by atoms with Gasteiger partial charge in [-0.3, -0.25) is 14.8 Å². The van der Waals surface area contributed by atoms with E-state index in [1.807, 2.05) is 29.3 Å². The number of benzene rings is 1. The summed E-state index contributed by atoms with van der Waals surface area (Å²) >= 11 is 0. The zero-order valence-corrected chi connectivity index (χ0v) is 19.3. The van der Waals surface area contributed by atoms with Gasteiger partial charge in [-0.05, 0) is 48.8 Å². The predicted octanol–water partition coefficient (Wildman–Crippen LogP) is 3.78. The van der Waals surface area contributed by atoms with Crippen LogP contribution in [0.25, 0.3) is 33.2 Å². The molecule has 6 rings (SSSR count). The van der Waals surface area contributed by atoms with Crippen molar-refractivity contribution in [3.8, 4) is 17.0 Å². The van der Waals surface area contributed by atoms with Crippen LogP contribution in [0.5, 0.6) is 5.88 Å². The lowest BCUT2D eigenvalue weighted by Gasteiger charge is -2.52. The second kappa shape index (κ2) is 7.93. The summed E-state index contributed by atoms with van der Waals surface area (Å²) in [4.78, 5) is 35.1. The number of nitrogens with zero attached hydrogens (tertiary/aromatic N) is 5. The highest BCUT2D eigenvalue weighted by molar-refractivity contribution is 5.99. The van der Waals surface area contributed by atoms with E-state index < -0.39 is 0 Å². The molecule has 0 bridgehead atoms. The Bertz CT molecular complexity index is 1380. The number of hydrogen-bond acceptors (Lipinski definition) is 7. The highest BCUT2D eigenvalue weighted by atomic mass is 16.5. The monoisotopic (exact) mass is 457 g/mol. The van der Waals surface area contributed by atoms with Gasteiger partial charge in [0.05, 0.1) is 23.5 Å². The number of carbonyl (C=O) groups is 1.